The Bertz CT molecular complexity index is 745. The summed E-state index contributed by atoms with van der Waals surface area (Å²) in [6.07, 6.45) is 2.76. The number of hydrogen-bond donors (Lipinski definition) is 2. The van der Waals surface area contributed by atoms with Crippen LogP contribution in [0.25, 0.3) is 0 Å². The van der Waals surface area contributed by atoms with Crippen molar-refractivity contribution < 1.29 is 17.9 Å². The number of aryl methyl sites for hydroxylation is 1. The van der Waals surface area contributed by atoms with Crippen LogP contribution in [0.5, 0.6) is 0 Å². The van der Waals surface area contributed by atoms with Gasteiger partial charge in [0.1, 0.15) is 0 Å². The van der Waals surface area contributed by atoms with Crippen LogP contribution in [-0.2, 0) is 21.2 Å². The maximum Gasteiger partial charge on any atom is 0.251 e. The number of ether oxygens (including phenoxy) is 1. The van der Waals surface area contributed by atoms with E-state index in [2.05, 4.69) is 10.6 Å². The Kier molecular flexibility index (Phi) is 8.05. The van der Waals surface area contributed by atoms with Crippen molar-refractivity contribution in [1.82, 2.24) is 14.9 Å². The molecule has 0 aliphatic carbocycles. The summed E-state index contributed by atoms with van der Waals surface area (Å²) >= 11 is 0. The van der Waals surface area contributed by atoms with Crippen LogP contribution in [0.2, 0.25) is 0 Å². The Hall–Kier alpha value is -1.19. The maximum absolute atomic E-state index is 13.0. The van der Waals surface area contributed by atoms with Crippen molar-refractivity contribution in [2.75, 3.05) is 39.4 Å². The lowest BCUT2D eigenvalue weighted by atomic mass is 10.1. The fraction of sp³-hybridized carbons (Fsp3) is 0.611. The second-order valence-corrected chi connectivity index (χ2v) is 8.60. The Morgan fingerprint density at radius 1 is 1.33 bits per heavy atom. The van der Waals surface area contributed by atoms with Crippen LogP contribution in [0.3, 0.4) is 0 Å². The van der Waals surface area contributed by atoms with Gasteiger partial charge in [-0.05, 0) is 43.5 Å². The van der Waals surface area contributed by atoms with Gasteiger partial charge in [-0.1, -0.05) is 13.0 Å². The van der Waals surface area contributed by atoms with Crippen molar-refractivity contribution in [3.63, 3.8) is 0 Å². The van der Waals surface area contributed by atoms with Gasteiger partial charge < -0.3 is 15.4 Å². The smallest absolute Gasteiger partial charge is 0.251 e. The average molecular weight is 418 g/mol. The molecule has 2 saturated heterocycles. The second kappa shape index (κ2) is 9.84. The highest BCUT2D eigenvalue weighted by Gasteiger charge is 2.29. The van der Waals surface area contributed by atoms with E-state index >= 15 is 0 Å². The molecule has 7 nitrogen and oxygen atoms in total. The van der Waals surface area contributed by atoms with Gasteiger partial charge in [0.05, 0.1) is 18.1 Å². The zero-order valence-corrected chi connectivity index (χ0v) is 17.2. The van der Waals surface area contributed by atoms with E-state index in [9.17, 15) is 13.2 Å². The molecule has 152 valence electrons. The van der Waals surface area contributed by atoms with Gasteiger partial charge in [-0.15, -0.1) is 12.4 Å². The third kappa shape index (κ3) is 5.20. The summed E-state index contributed by atoms with van der Waals surface area (Å²) in [6, 6.07) is 5.26. The number of morpholine rings is 1. The zero-order chi connectivity index (χ0) is 18.6. The fourth-order valence-corrected chi connectivity index (χ4v) is 5.13. The normalized spacial score (nSPS) is 20.9. The van der Waals surface area contributed by atoms with Crippen LogP contribution >= 0.6 is 12.4 Å². The van der Waals surface area contributed by atoms with Crippen molar-refractivity contribution in [3.8, 4) is 0 Å². The number of amides is 1. The first-order valence-corrected chi connectivity index (χ1v) is 10.7. The second-order valence-electron chi connectivity index (χ2n) is 6.70. The summed E-state index contributed by atoms with van der Waals surface area (Å²) < 4.78 is 32.8. The number of rotatable bonds is 6. The molecule has 2 N–H and O–H groups in total. The molecule has 0 aromatic heterocycles. The predicted octanol–water partition coefficient (Wildman–Crippen LogP) is 1.17. The molecule has 1 unspecified atom stereocenters. The highest BCUT2D eigenvalue weighted by atomic mass is 35.5. The minimum absolute atomic E-state index is 0. The van der Waals surface area contributed by atoms with Gasteiger partial charge in [-0.3, -0.25) is 4.79 Å². The van der Waals surface area contributed by atoms with Crippen LogP contribution < -0.4 is 10.6 Å². The monoisotopic (exact) mass is 417 g/mol. The molecule has 2 aliphatic rings. The zero-order valence-electron chi connectivity index (χ0n) is 15.6. The van der Waals surface area contributed by atoms with E-state index in [4.69, 9.17) is 4.74 Å². The van der Waals surface area contributed by atoms with Crippen LogP contribution in [-0.4, -0.2) is 64.1 Å². The van der Waals surface area contributed by atoms with E-state index in [0.717, 1.165) is 24.9 Å². The van der Waals surface area contributed by atoms with E-state index in [1.54, 1.807) is 12.1 Å². The van der Waals surface area contributed by atoms with E-state index in [-0.39, 0.29) is 23.2 Å². The van der Waals surface area contributed by atoms with Gasteiger partial charge in [0.15, 0.2) is 0 Å². The number of nitrogens with one attached hydrogen (secondary N) is 2. The molecule has 1 aromatic carbocycles. The van der Waals surface area contributed by atoms with Gasteiger partial charge in [-0.25, -0.2) is 8.42 Å². The summed E-state index contributed by atoms with van der Waals surface area (Å²) in [5.41, 5.74) is 1.11. The Balaban J connectivity index is 0.00000261. The number of halogens is 1. The lowest BCUT2D eigenvalue weighted by molar-refractivity contribution is 0.0730. The van der Waals surface area contributed by atoms with E-state index < -0.39 is 10.0 Å². The van der Waals surface area contributed by atoms with E-state index in [1.165, 1.54) is 10.4 Å². The standard InChI is InChI=1S/C18H27N3O4S.ClH/c1-2-14-5-6-15(18(22)20-13-16-4-3-7-19-16)12-17(14)26(23,24)21-8-10-25-11-9-21;/h5-6,12,16,19H,2-4,7-11,13H2,1H3,(H,20,22);1H. The lowest BCUT2D eigenvalue weighted by Gasteiger charge is -2.27. The first kappa shape index (κ1) is 22.1. The number of carbonyl (C=O) groups excluding carboxylic acids is 1. The predicted molar refractivity (Wildman–Crippen MR) is 106 cm³/mol. The Morgan fingerprint density at radius 3 is 2.70 bits per heavy atom. The largest absolute Gasteiger partial charge is 0.379 e. The number of sulfonamides is 1. The van der Waals surface area contributed by atoms with Gasteiger partial charge in [0, 0.05) is 31.2 Å². The summed E-state index contributed by atoms with van der Waals surface area (Å²) in [7, 11) is -3.63. The molecule has 9 heteroatoms. The molecule has 27 heavy (non-hydrogen) atoms. The quantitative estimate of drug-likeness (QED) is 0.725. The number of carbonyl (C=O) groups is 1. The minimum Gasteiger partial charge on any atom is -0.379 e. The molecule has 0 bridgehead atoms. The first-order chi connectivity index (χ1) is 12.5. The number of nitrogens with zero attached hydrogens (tertiary/aromatic N) is 1. The maximum atomic E-state index is 13.0. The van der Waals surface area contributed by atoms with Crippen molar-refractivity contribution >= 4 is 28.3 Å². The molecule has 3 rings (SSSR count). The van der Waals surface area contributed by atoms with Crippen molar-refractivity contribution in [2.24, 2.45) is 0 Å². The summed E-state index contributed by atoms with van der Waals surface area (Å²) in [5.74, 6) is -0.236. The molecular weight excluding hydrogens is 390 g/mol. The Morgan fingerprint density at radius 2 is 2.07 bits per heavy atom. The average Bonchev–Trinajstić information content (AvgIpc) is 3.20. The van der Waals surface area contributed by atoms with E-state index in [0.29, 0.717) is 50.9 Å². The molecule has 0 radical (unpaired) electrons. The summed E-state index contributed by atoms with van der Waals surface area (Å²) in [6.45, 7) is 4.93. The molecule has 1 amide bonds. The molecule has 0 spiro atoms. The molecule has 1 aromatic rings. The third-order valence-corrected chi connectivity index (χ3v) is 6.95. The van der Waals surface area contributed by atoms with E-state index in [1.807, 2.05) is 6.92 Å². The molecule has 2 aliphatic heterocycles. The fourth-order valence-electron chi connectivity index (χ4n) is 3.40. The topological polar surface area (TPSA) is 87.7 Å². The molecule has 1 atom stereocenters. The molecule has 2 heterocycles. The third-order valence-electron chi connectivity index (χ3n) is 4.97. The molecule has 0 saturated carbocycles. The molecular formula is C18H28ClN3O4S. The van der Waals surface area contributed by atoms with Gasteiger partial charge in [0.25, 0.3) is 5.91 Å². The van der Waals surface area contributed by atoms with Gasteiger partial charge in [0.2, 0.25) is 10.0 Å². The lowest BCUT2D eigenvalue weighted by Crippen LogP contribution is -2.41. The van der Waals surface area contributed by atoms with Crippen LogP contribution in [0.1, 0.15) is 35.7 Å². The molecule has 2 fully saturated rings. The summed E-state index contributed by atoms with van der Waals surface area (Å²) in [5, 5.41) is 6.24. The minimum atomic E-state index is -3.63. The van der Waals surface area contributed by atoms with Crippen LogP contribution in [0, 0.1) is 0 Å². The number of hydrogen-bond acceptors (Lipinski definition) is 5. The van der Waals surface area contributed by atoms with Crippen molar-refractivity contribution in [1.29, 1.82) is 0 Å². The Labute approximate surface area is 167 Å². The number of benzene rings is 1. The first-order valence-electron chi connectivity index (χ1n) is 9.24. The summed E-state index contributed by atoms with van der Waals surface area (Å²) in [4.78, 5) is 12.7. The van der Waals surface area contributed by atoms with Crippen LogP contribution in [0.4, 0.5) is 0 Å². The van der Waals surface area contributed by atoms with Crippen molar-refractivity contribution in [2.45, 2.75) is 37.1 Å². The highest BCUT2D eigenvalue weighted by Crippen LogP contribution is 2.23. The van der Waals surface area contributed by atoms with Gasteiger partial charge >= 0.3 is 0 Å². The van der Waals surface area contributed by atoms with Crippen LogP contribution in [0.15, 0.2) is 23.1 Å². The van der Waals surface area contributed by atoms with Crippen molar-refractivity contribution in [3.05, 3.63) is 29.3 Å². The highest BCUT2D eigenvalue weighted by molar-refractivity contribution is 7.89. The SMILES string of the molecule is CCc1ccc(C(=O)NCC2CCCN2)cc1S(=O)(=O)N1CCOCC1.Cl. The van der Waals surface area contributed by atoms with Gasteiger partial charge in [-0.2, -0.15) is 4.31 Å².